The molecule has 5 saturated carbocycles. The van der Waals surface area contributed by atoms with Crippen molar-refractivity contribution >= 4 is 21.7 Å². The summed E-state index contributed by atoms with van der Waals surface area (Å²) in [5.74, 6) is 1.59. The molecule has 2 spiro atoms. The number of hydrogen-bond acceptors (Lipinski definition) is 4. The fraction of sp³-hybridized carbons (Fsp3) is 0.967. The maximum Gasteiger partial charge on any atom is 0.152 e. The van der Waals surface area contributed by atoms with Gasteiger partial charge in [0.15, 0.2) is 5.78 Å². The monoisotopic (exact) mass is 550 g/mol. The van der Waals surface area contributed by atoms with Crippen molar-refractivity contribution in [2.24, 2.45) is 44.8 Å². The Balaban J connectivity index is 1.35. The number of halogens is 1. The van der Waals surface area contributed by atoms with E-state index in [4.69, 9.17) is 4.74 Å². The van der Waals surface area contributed by atoms with E-state index in [1.54, 1.807) is 0 Å². The van der Waals surface area contributed by atoms with E-state index in [1.807, 2.05) is 13.8 Å². The molecular weight excluding hydrogens is 504 g/mol. The zero-order chi connectivity index (χ0) is 25.6. The van der Waals surface area contributed by atoms with Crippen LogP contribution in [0.15, 0.2) is 0 Å². The molecule has 5 aliphatic carbocycles. The number of ketones is 1. The molecule has 0 radical (unpaired) electrons. The highest BCUT2D eigenvalue weighted by Gasteiger charge is 2.84. The zero-order valence-corrected chi connectivity index (χ0v) is 24.5. The van der Waals surface area contributed by atoms with Crippen molar-refractivity contribution in [2.45, 2.75) is 134 Å². The number of hydrogen-bond donors (Lipinski definition) is 2. The van der Waals surface area contributed by atoms with Gasteiger partial charge in [-0.1, -0.05) is 43.6 Å². The summed E-state index contributed by atoms with van der Waals surface area (Å²) < 4.78 is 6.68. The average molecular weight is 552 g/mol. The normalized spacial score (nSPS) is 58.9. The van der Waals surface area contributed by atoms with Gasteiger partial charge in [-0.3, -0.25) is 4.79 Å². The lowest BCUT2D eigenvalue weighted by molar-refractivity contribution is -0.192. The molecular formula is C30H47BrO4. The maximum atomic E-state index is 13.2. The first-order valence-corrected chi connectivity index (χ1v) is 15.2. The summed E-state index contributed by atoms with van der Waals surface area (Å²) in [6.07, 6.45) is 9.02. The first kappa shape index (κ1) is 25.3. The summed E-state index contributed by atoms with van der Waals surface area (Å²) in [6, 6.07) is 0. The molecule has 6 aliphatic rings. The van der Waals surface area contributed by atoms with Gasteiger partial charge >= 0.3 is 0 Å². The van der Waals surface area contributed by atoms with E-state index in [-0.39, 0.29) is 44.6 Å². The predicted molar refractivity (Wildman–Crippen MR) is 140 cm³/mol. The predicted octanol–water partition coefficient (Wildman–Crippen LogP) is 6.05. The summed E-state index contributed by atoms with van der Waals surface area (Å²) >= 11 is 3.81. The second-order valence-corrected chi connectivity index (χ2v) is 16.7. The fourth-order valence-corrected chi connectivity index (χ4v) is 13.1. The van der Waals surface area contributed by atoms with Crippen LogP contribution in [0.4, 0.5) is 0 Å². The van der Waals surface area contributed by atoms with Crippen LogP contribution in [0.5, 0.6) is 0 Å². The molecule has 0 aromatic heterocycles. The Morgan fingerprint density at radius 2 is 1.57 bits per heavy atom. The topological polar surface area (TPSA) is 66.8 Å². The highest BCUT2D eigenvalue weighted by molar-refractivity contribution is 9.10. The van der Waals surface area contributed by atoms with E-state index in [2.05, 4.69) is 50.5 Å². The van der Waals surface area contributed by atoms with Crippen LogP contribution in [-0.4, -0.2) is 44.2 Å². The number of aliphatic hydroxyl groups is 2. The molecule has 1 saturated heterocycles. The van der Waals surface area contributed by atoms with Crippen LogP contribution in [-0.2, 0) is 9.53 Å². The molecule has 198 valence electrons. The summed E-state index contributed by atoms with van der Waals surface area (Å²) in [5, 5.41) is 22.4. The molecule has 6 rings (SSSR count). The van der Waals surface area contributed by atoms with Crippen LogP contribution in [0.2, 0.25) is 0 Å². The standard InChI is InChI=1S/C30H47BrO4/c1-24(2)19-8-9-20-27(6)15-18(32)22(28(7)11-10-21(35-28)25(3,4)34)26(27,5)12-13-29(20)16-30(19,29)14-17(31)23(24)33/h17-22,32,34H,8-16H2,1-7H3/t17-,18+,19?,20?,21-,22?,26-,27+,28?,29+,30-/m1/s1. The number of carbonyl (C=O) groups excluding carboxylic acids is 1. The van der Waals surface area contributed by atoms with Gasteiger partial charge in [0.25, 0.3) is 0 Å². The molecule has 1 aliphatic heterocycles. The number of rotatable bonds is 2. The van der Waals surface area contributed by atoms with E-state index < -0.39 is 11.2 Å². The lowest BCUT2D eigenvalue weighted by atomic mass is 9.41. The van der Waals surface area contributed by atoms with Crippen LogP contribution < -0.4 is 0 Å². The lowest BCUT2D eigenvalue weighted by Gasteiger charge is -2.63. The minimum absolute atomic E-state index is 0.00992. The van der Waals surface area contributed by atoms with Crippen molar-refractivity contribution in [3.63, 3.8) is 0 Å². The Labute approximate surface area is 220 Å². The van der Waals surface area contributed by atoms with E-state index in [0.29, 0.717) is 23.0 Å². The Kier molecular flexibility index (Phi) is 5.04. The van der Waals surface area contributed by atoms with Crippen molar-refractivity contribution < 1.29 is 19.7 Å². The van der Waals surface area contributed by atoms with Crippen molar-refractivity contribution in [1.29, 1.82) is 0 Å². The third-order valence-electron chi connectivity index (χ3n) is 13.5. The second-order valence-electron chi connectivity index (χ2n) is 15.6. The van der Waals surface area contributed by atoms with Gasteiger partial charge in [-0.15, -0.1) is 0 Å². The molecule has 0 aromatic rings. The number of Topliss-reactive ketones (excluding diaryl/α,β-unsaturated/α-hetero) is 1. The second kappa shape index (κ2) is 6.96. The summed E-state index contributed by atoms with van der Waals surface area (Å²) in [7, 11) is 0. The van der Waals surface area contributed by atoms with Gasteiger partial charge in [0, 0.05) is 11.3 Å². The van der Waals surface area contributed by atoms with Crippen molar-refractivity contribution in [1.82, 2.24) is 0 Å². The Morgan fingerprint density at radius 3 is 2.20 bits per heavy atom. The Bertz CT molecular complexity index is 956. The molecule has 4 nitrogen and oxygen atoms in total. The van der Waals surface area contributed by atoms with Crippen LogP contribution in [0.3, 0.4) is 0 Å². The fourth-order valence-electron chi connectivity index (χ4n) is 11.9. The highest BCUT2D eigenvalue weighted by atomic mass is 79.9. The molecule has 5 heteroatoms. The van der Waals surface area contributed by atoms with Crippen molar-refractivity contribution in [3.05, 3.63) is 0 Å². The van der Waals surface area contributed by atoms with Gasteiger partial charge in [-0.25, -0.2) is 0 Å². The largest absolute Gasteiger partial charge is 0.393 e. The van der Waals surface area contributed by atoms with Gasteiger partial charge in [-0.2, -0.15) is 0 Å². The van der Waals surface area contributed by atoms with Gasteiger partial charge in [0.05, 0.1) is 28.2 Å². The smallest absolute Gasteiger partial charge is 0.152 e. The number of fused-ring (bicyclic) bond motifs is 2. The number of ether oxygens (including phenoxy) is 1. The quantitative estimate of drug-likeness (QED) is 0.411. The molecule has 11 atom stereocenters. The van der Waals surface area contributed by atoms with Crippen LogP contribution in [0.25, 0.3) is 0 Å². The van der Waals surface area contributed by atoms with E-state index in [9.17, 15) is 15.0 Å². The number of carbonyl (C=O) groups is 1. The van der Waals surface area contributed by atoms with Crippen LogP contribution in [0, 0.1) is 44.8 Å². The van der Waals surface area contributed by atoms with Crippen molar-refractivity contribution in [2.75, 3.05) is 0 Å². The molecule has 2 N–H and O–H groups in total. The van der Waals surface area contributed by atoms with Gasteiger partial charge in [0.1, 0.15) is 0 Å². The molecule has 35 heavy (non-hydrogen) atoms. The molecule has 1 heterocycles. The molecule has 0 aromatic carbocycles. The minimum atomic E-state index is -0.863. The third-order valence-corrected chi connectivity index (χ3v) is 14.3. The highest BCUT2D eigenvalue weighted by Crippen LogP contribution is 2.89. The number of aliphatic hydroxyl groups excluding tert-OH is 1. The average Bonchev–Trinajstić information content (AvgIpc) is 3.10. The summed E-state index contributed by atoms with van der Waals surface area (Å²) in [4.78, 5) is 13.2. The van der Waals surface area contributed by atoms with Crippen LogP contribution in [0.1, 0.15) is 106 Å². The molecule has 0 amide bonds. The van der Waals surface area contributed by atoms with Gasteiger partial charge < -0.3 is 14.9 Å². The third kappa shape index (κ3) is 2.83. The molecule has 4 unspecified atom stereocenters. The molecule has 0 bridgehead atoms. The van der Waals surface area contributed by atoms with E-state index in [0.717, 1.165) is 38.5 Å². The van der Waals surface area contributed by atoms with Gasteiger partial charge in [-0.05, 0) is 112 Å². The summed E-state index contributed by atoms with van der Waals surface area (Å²) in [5.41, 5.74) is -0.827. The SMILES string of the molecule is CC1(C2[C@@H](O)C[C@@]3(C)C4CCC5C(C)(C)C(=O)[C@H](Br)C[C@@]56C[C@@]46CC[C@]23C)CC[C@H](C(C)(C)O)O1. The molecule has 6 fully saturated rings. The Morgan fingerprint density at radius 1 is 0.914 bits per heavy atom. The maximum absolute atomic E-state index is 13.2. The van der Waals surface area contributed by atoms with E-state index >= 15 is 0 Å². The first-order valence-electron chi connectivity index (χ1n) is 14.3. The lowest BCUT2D eigenvalue weighted by Crippen LogP contribution is -2.60. The van der Waals surface area contributed by atoms with Gasteiger partial charge in [0.2, 0.25) is 0 Å². The van der Waals surface area contributed by atoms with Crippen LogP contribution >= 0.6 is 15.9 Å². The number of alkyl halides is 1. The first-order chi connectivity index (χ1) is 16.0. The van der Waals surface area contributed by atoms with Crippen molar-refractivity contribution in [3.8, 4) is 0 Å². The zero-order valence-electron chi connectivity index (χ0n) is 22.9. The Hall–Kier alpha value is 0.0300. The van der Waals surface area contributed by atoms with E-state index in [1.165, 1.54) is 19.3 Å². The summed E-state index contributed by atoms with van der Waals surface area (Å²) in [6.45, 7) is 15.3. The minimum Gasteiger partial charge on any atom is -0.393 e.